The van der Waals surface area contributed by atoms with Gasteiger partial charge in [-0.1, -0.05) is 26.0 Å². The highest BCUT2D eigenvalue weighted by Gasteiger charge is 2.31. The normalized spacial score (nSPS) is 13.6. The molecule has 1 aromatic rings. The van der Waals surface area contributed by atoms with Crippen molar-refractivity contribution in [3.05, 3.63) is 29.8 Å². The Balaban J connectivity index is 2.71. The summed E-state index contributed by atoms with van der Waals surface area (Å²) in [6.45, 7) is 4.75. The maximum atomic E-state index is 12.4. The Morgan fingerprint density at radius 3 is 2.07 bits per heavy atom. The van der Waals surface area contributed by atoms with Gasteiger partial charge in [0.25, 0.3) is 0 Å². The van der Waals surface area contributed by atoms with Crippen LogP contribution in [0, 0.1) is 17.8 Å². The summed E-state index contributed by atoms with van der Waals surface area (Å²) in [6.07, 6.45) is 0.790. The molecule has 0 amide bonds. The molecule has 0 spiro atoms. The molecule has 0 saturated heterocycles. The third-order valence-electron chi connectivity index (χ3n) is 4.80. The molecule has 1 aromatic carbocycles. The van der Waals surface area contributed by atoms with E-state index in [-0.39, 0.29) is 26.1 Å². The molecule has 1 rings (SSSR count). The summed E-state index contributed by atoms with van der Waals surface area (Å²) in [5.41, 5.74) is 0.816. The van der Waals surface area contributed by atoms with E-state index < -0.39 is 42.5 Å². The third-order valence-corrected chi connectivity index (χ3v) is 4.80. The summed E-state index contributed by atoms with van der Waals surface area (Å²) < 4.78 is 20.2. The van der Waals surface area contributed by atoms with Crippen LogP contribution in [0.1, 0.15) is 45.6 Å². The van der Waals surface area contributed by atoms with Gasteiger partial charge in [0, 0.05) is 0 Å². The van der Waals surface area contributed by atoms with Crippen LogP contribution in [0.5, 0.6) is 5.75 Å². The van der Waals surface area contributed by atoms with Crippen molar-refractivity contribution in [2.45, 2.75) is 46.6 Å². The largest absolute Gasteiger partial charge is 0.497 e. The highest BCUT2D eigenvalue weighted by Crippen LogP contribution is 2.26. The zero-order chi connectivity index (χ0) is 22.5. The number of hydrogen-bond donors (Lipinski definition) is 1. The Kier molecular flexibility index (Phi) is 11.5. The van der Waals surface area contributed by atoms with Gasteiger partial charge in [0.2, 0.25) is 0 Å². The van der Waals surface area contributed by atoms with Gasteiger partial charge in [0.05, 0.1) is 31.5 Å². The number of aliphatic hydroxyl groups excluding tert-OH is 1. The van der Waals surface area contributed by atoms with Crippen molar-refractivity contribution in [3.8, 4) is 5.75 Å². The lowest BCUT2D eigenvalue weighted by Crippen LogP contribution is -2.29. The van der Waals surface area contributed by atoms with Gasteiger partial charge in [0.15, 0.2) is 6.79 Å². The Bertz CT molecular complexity index is 670. The fraction of sp³-hybridized carbons (Fsp3) is 0.591. The van der Waals surface area contributed by atoms with Gasteiger partial charge in [-0.3, -0.25) is 14.4 Å². The van der Waals surface area contributed by atoms with Crippen LogP contribution in [0.15, 0.2) is 24.3 Å². The van der Waals surface area contributed by atoms with E-state index in [4.69, 9.17) is 19.3 Å². The van der Waals surface area contributed by atoms with Gasteiger partial charge in [-0.15, -0.1) is 0 Å². The van der Waals surface area contributed by atoms with Crippen LogP contribution in [0.3, 0.4) is 0 Å². The Hall–Kier alpha value is -2.61. The lowest BCUT2D eigenvalue weighted by molar-refractivity contribution is -0.159. The maximum absolute atomic E-state index is 12.4. The number of rotatable bonds is 13. The summed E-state index contributed by atoms with van der Waals surface area (Å²) in [5.74, 6) is -2.58. The van der Waals surface area contributed by atoms with Crippen LogP contribution in [0.25, 0.3) is 0 Å². The molecule has 0 aliphatic heterocycles. The first-order valence-corrected chi connectivity index (χ1v) is 10.1. The summed E-state index contributed by atoms with van der Waals surface area (Å²) in [6, 6.07) is 7.16. The molecule has 0 bridgehead atoms. The number of hydrogen-bond acceptors (Lipinski definition) is 8. The molecular weight excluding hydrogens is 392 g/mol. The van der Waals surface area contributed by atoms with Crippen molar-refractivity contribution in [1.29, 1.82) is 0 Å². The average molecular weight is 424 g/mol. The first-order valence-electron chi connectivity index (χ1n) is 10.1. The third kappa shape index (κ3) is 8.41. The molecule has 0 aromatic heterocycles. The van der Waals surface area contributed by atoms with E-state index in [1.165, 1.54) is 0 Å². The highest BCUT2D eigenvalue weighted by molar-refractivity contribution is 5.77. The van der Waals surface area contributed by atoms with E-state index >= 15 is 0 Å². The van der Waals surface area contributed by atoms with Crippen molar-refractivity contribution < 1.29 is 38.4 Å². The standard InChI is InChI=1S/C22H32O8/c1-5-17(21(25)30-14-23)12-18(22(26)28-6-2)11-15(3)20(24)29-13-16-7-9-19(27-4)10-8-16/h7-10,15,17-18,23H,5-6,11-14H2,1-4H3. The highest BCUT2D eigenvalue weighted by atomic mass is 16.6. The van der Waals surface area contributed by atoms with E-state index in [0.29, 0.717) is 12.2 Å². The summed E-state index contributed by atoms with van der Waals surface area (Å²) in [7, 11) is 1.57. The van der Waals surface area contributed by atoms with Gasteiger partial charge in [-0.2, -0.15) is 0 Å². The van der Waals surface area contributed by atoms with Gasteiger partial charge in [0.1, 0.15) is 12.4 Å². The molecule has 8 nitrogen and oxygen atoms in total. The fourth-order valence-electron chi connectivity index (χ4n) is 3.04. The molecule has 3 atom stereocenters. The zero-order valence-corrected chi connectivity index (χ0v) is 18.1. The van der Waals surface area contributed by atoms with E-state index in [0.717, 1.165) is 5.56 Å². The first kappa shape index (κ1) is 25.4. The SMILES string of the molecule is CCOC(=O)C(CC(C)C(=O)OCc1ccc(OC)cc1)CC(CC)C(=O)OCO. The summed E-state index contributed by atoms with van der Waals surface area (Å²) in [5, 5.41) is 8.81. The van der Waals surface area contributed by atoms with Crippen LogP contribution >= 0.6 is 0 Å². The van der Waals surface area contributed by atoms with Gasteiger partial charge < -0.3 is 24.1 Å². The van der Waals surface area contributed by atoms with Crippen molar-refractivity contribution in [1.82, 2.24) is 0 Å². The van der Waals surface area contributed by atoms with Crippen LogP contribution < -0.4 is 4.74 Å². The van der Waals surface area contributed by atoms with E-state index in [2.05, 4.69) is 4.74 Å². The van der Waals surface area contributed by atoms with Crippen molar-refractivity contribution >= 4 is 17.9 Å². The number of carbonyl (C=O) groups is 3. The molecule has 0 aliphatic carbocycles. The molecule has 168 valence electrons. The summed E-state index contributed by atoms with van der Waals surface area (Å²) in [4.78, 5) is 36.8. The number of carbonyl (C=O) groups excluding carboxylic acids is 3. The number of ether oxygens (including phenoxy) is 4. The second kappa shape index (κ2) is 13.6. The van der Waals surface area contributed by atoms with Crippen LogP contribution in [0.4, 0.5) is 0 Å². The molecule has 3 unspecified atom stereocenters. The van der Waals surface area contributed by atoms with E-state index in [1.54, 1.807) is 52.1 Å². The Morgan fingerprint density at radius 1 is 0.900 bits per heavy atom. The lowest BCUT2D eigenvalue weighted by Gasteiger charge is -2.22. The molecule has 0 radical (unpaired) electrons. The maximum Gasteiger partial charge on any atom is 0.311 e. The smallest absolute Gasteiger partial charge is 0.311 e. The molecule has 8 heteroatoms. The second-order valence-corrected chi connectivity index (χ2v) is 6.97. The number of benzene rings is 1. The molecular formula is C22H32O8. The number of aliphatic hydroxyl groups is 1. The molecule has 0 aliphatic rings. The predicted molar refractivity (Wildman–Crippen MR) is 108 cm³/mol. The van der Waals surface area contributed by atoms with Crippen molar-refractivity contribution in [3.63, 3.8) is 0 Å². The quantitative estimate of drug-likeness (QED) is 0.293. The Morgan fingerprint density at radius 2 is 1.53 bits per heavy atom. The van der Waals surface area contributed by atoms with Crippen molar-refractivity contribution in [2.24, 2.45) is 17.8 Å². The molecule has 0 fully saturated rings. The lowest BCUT2D eigenvalue weighted by atomic mass is 9.86. The Labute approximate surface area is 177 Å². The topological polar surface area (TPSA) is 108 Å². The molecule has 0 heterocycles. The fourth-order valence-corrected chi connectivity index (χ4v) is 3.04. The minimum Gasteiger partial charge on any atom is -0.497 e. The predicted octanol–water partition coefficient (Wildman–Crippen LogP) is 2.85. The summed E-state index contributed by atoms with van der Waals surface area (Å²) >= 11 is 0. The van der Waals surface area contributed by atoms with Crippen LogP contribution in [0.2, 0.25) is 0 Å². The number of esters is 3. The molecule has 1 N–H and O–H groups in total. The monoisotopic (exact) mass is 424 g/mol. The van der Waals surface area contributed by atoms with Gasteiger partial charge in [-0.25, -0.2) is 0 Å². The first-order chi connectivity index (χ1) is 14.4. The van der Waals surface area contributed by atoms with Crippen LogP contribution in [-0.4, -0.2) is 43.5 Å². The molecule has 0 saturated carbocycles. The minimum absolute atomic E-state index is 0.109. The average Bonchev–Trinajstić information content (AvgIpc) is 2.75. The van der Waals surface area contributed by atoms with E-state index in [9.17, 15) is 14.4 Å². The van der Waals surface area contributed by atoms with Gasteiger partial charge in [-0.05, 0) is 43.9 Å². The number of methoxy groups -OCH3 is 1. The minimum atomic E-state index is -0.715. The molecule has 30 heavy (non-hydrogen) atoms. The zero-order valence-electron chi connectivity index (χ0n) is 18.1. The van der Waals surface area contributed by atoms with E-state index in [1.807, 2.05) is 0 Å². The second-order valence-electron chi connectivity index (χ2n) is 6.97. The van der Waals surface area contributed by atoms with Crippen molar-refractivity contribution in [2.75, 3.05) is 20.5 Å². The van der Waals surface area contributed by atoms with Crippen LogP contribution in [-0.2, 0) is 35.2 Å². The van der Waals surface area contributed by atoms with Gasteiger partial charge >= 0.3 is 17.9 Å².